The predicted molar refractivity (Wildman–Crippen MR) is 73.6 cm³/mol. The number of benzene rings is 1. The van der Waals surface area contributed by atoms with E-state index in [-0.39, 0.29) is 12.3 Å². The van der Waals surface area contributed by atoms with E-state index in [1.807, 2.05) is 12.1 Å². The summed E-state index contributed by atoms with van der Waals surface area (Å²) in [5.41, 5.74) is 3.07. The molecule has 3 rings (SSSR count). The lowest BCUT2D eigenvalue weighted by Gasteiger charge is -2.26. The summed E-state index contributed by atoms with van der Waals surface area (Å²) < 4.78 is 5.45. The van der Waals surface area contributed by atoms with E-state index >= 15 is 0 Å². The monoisotopic (exact) mass is 273 g/mol. The summed E-state index contributed by atoms with van der Waals surface area (Å²) >= 11 is 0. The smallest absolute Gasteiger partial charge is 0.328 e. The van der Waals surface area contributed by atoms with Crippen LogP contribution in [0.5, 0.6) is 0 Å². The van der Waals surface area contributed by atoms with Crippen LogP contribution in [0, 0.1) is 0 Å². The number of carbonyl (C=O) groups is 2. The average Bonchev–Trinajstić information content (AvgIpc) is 2.87. The van der Waals surface area contributed by atoms with Crippen LogP contribution in [-0.4, -0.2) is 23.5 Å². The van der Waals surface area contributed by atoms with Crippen molar-refractivity contribution in [3.05, 3.63) is 24.1 Å². The van der Waals surface area contributed by atoms with Crippen molar-refractivity contribution in [3.63, 3.8) is 0 Å². The number of amides is 3. The fourth-order valence-corrected chi connectivity index (χ4v) is 2.43. The van der Waals surface area contributed by atoms with Gasteiger partial charge in [0.2, 0.25) is 5.91 Å². The van der Waals surface area contributed by atoms with Crippen LogP contribution in [0.25, 0.3) is 11.1 Å². The standard InChI is InChI=1S/C14H15N3O3/c1-8(2)9-3-4-10(13-12(9)15-7-20-13)17-6-5-11(18)16-14(17)19/h3-4,7-8H,5-6H2,1-2H3,(H,16,18,19). The Balaban J connectivity index is 2.09. The highest BCUT2D eigenvalue weighted by Crippen LogP contribution is 2.32. The molecular formula is C14H15N3O3. The second kappa shape index (κ2) is 4.63. The van der Waals surface area contributed by atoms with Gasteiger partial charge in [-0.2, -0.15) is 0 Å². The normalized spacial score (nSPS) is 16.1. The predicted octanol–water partition coefficient (Wildman–Crippen LogP) is 2.40. The van der Waals surface area contributed by atoms with Gasteiger partial charge < -0.3 is 4.42 Å². The van der Waals surface area contributed by atoms with Gasteiger partial charge in [-0.15, -0.1) is 0 Å². The molecular weight excluding hydrogens is 258 g/mol. The maximum Gasteiger partial charge on any atom is 0.328 e. The molecule has 1 saturated heterocycles. The molecule has 1 N–H and O–H groups in total. The van der Waals surface area contributed by atoms with Gasteiger partial charge in [-0.3, -0.25) is 15.0 Å². The summed E-state index contributed by atoms with van der Waals surface area (Å²) in [5.74, 6) is 0.0623. The molecule has 1 fully saturated rings. The van der Waals surface area contributed by atoms with Gasteiger partial charge >= 0.3 is 6.03 Å². The van der Waals surface area contributed by atoms with Gasteiger partial charge in [0.25, 0.3) is 0 Å². The van der Waals surface area contributed by atoms with Gasteiger partial charge in [0.1, 0.15) is 5.52 Å². The van der Waals surface area contributed by atoms with Crippen LogP contribution in [0.1, 0.15) is 31.7 Å². The fourth-order valence-electron chi connectivity index (χ4n) is 2.43. The first-order valence-electron chi connectivity index (χ1n) is 6.55. The quantitative estimate of drug-likeness (QED) is 0.911. The Labute approximate surface area is 115 Å². The highest BCUT2D eigenvalue weighted by atomic mass is 16.3. The van der Waals surface area contributed by atoms with E-state index in [0.717, 1.165) is 11.1 Å². The van der Waals surface area contributed by atoms with Gasteiger partial charge in [-0.1, -0.05) is 19.9 Å². The zero-order valence-electron chi connectivity index (χ0n) is 11.3. The number of fused-ring (bicyclic) bond motifs is 1. The molecule has 0 saturated carbocycles. The second-order valence-corrected chi connectivity index (χ2v) is 5.11. The van der Waals surface area contributed by atoms with E-state index in [2.05, 4.69) is 24.1 Å². The largest absolute Gasteiger partial charge is 0.441 e. The topological polar surface area (TPSA) is 75.4 Å². The van der Waals surface area contributed by atoms with Gasteiger partial charge in [0.15, 0.2) is 12.0 Å². The van der Waals surface area contributed by atoms with Gasteiger partial charge in [-0.05, 0) is 17.5 Å². The molecule has 0 unspecified atom stereocenters. The van der Waals surface area contributed by atoms with Crippen molar-refractivity contribution in [1.82, 2.24) is 10.3 Å². The Morgan fingerprint density at radius 2 is 2.15 bits per heavy atom. The number of urea groups is 1. The molecule has 0 atom stereocenters. The molecule has 0 aliphatic carbocycles. The van der Waals surface area contributed by atoms with E-state index in [1.165, 1.54) is 11.3 Å². The number of aromatic nitrogens is 1. The Morgan fingerprint density at radius 3 is 2.85 bits per heavy atom. The number of carbonyl (C=O) groups excluding carboxylic acids is 2. The summed E-state index contributed by atoms with van der Waals surface area (Å²) in [5, 5.41) is 2.31. The van der Waals surface area contributed by atoms with E-state index in [9.17, 15) is 9.59 Å². The summed E-state index contributed by atoms with van der Waals surface area (Å²) in [7, 11) is 0. The lowest BCUT2D eigenvalue weighted by atomic mass is 10.0. The first kappa shape index (κ1) is 12.7. The number of oxazole rings is 1. The number of hydrogen-bond acceptors (Lipinski definition) is 4. The van der Waals surface area contributed by atoms with Crippen LogP contribution < -0.4 is 10.2 Å². The van der Waals surface area contributed by atoms with Crippen LogP contribution in [0.2, 0.25) is 0 Å². The minimum absolute atomic E-state index is 0.251. The number of hydrogen-bond donors (Lipinski definition) is 1. The Bertz CT molecular complexity index is 690. The van der Waals surface area contributed by atoms with Crippen molar-refractivity contribution in [2.45, 2.75) is 26.2 Å². The lowest BCUT2D eigenvalue weighted by molar-refractivity contribution is -0.120. The first-order chi connectivity index (χ1) is 9.58. The van der Waals surface area contributed by atoms with Crippen molar-refractivity contribution in [2.24, 2.45) is 0 Å². The molecule has 1 aliphatic rings. The van der Waals surface area contributed by atoms with Crippen molar-refractivity contribution in [1.29, 1.82) is 0 Å². The van der Waals surface area contributed by atoms with E-state index < -0.39 is 6.03 Å². The minimum Gasteiger partial charge on any atom is -0.441 e. The highest BCUT2D eigenvalue weighted by molar-refractivity contribution is 6.08. The third-order valence-corrected chi connectivity index (χ3v) is 3.46. The number of nitrogens with one attached hydrogen (secondary N) is 1. The number of imide groups is 1. The molecule has 6 heteroatoms. The molecule has 104 valence electrons. The summed E-state index contributed by atoms with van der Waals surface area (Å²) in [6.45, 7) is 4.51. The van der Waals surface area contributed by atoms with Crippen LogP contribution in [0.3, 0.4) is 0 Å². The third-order valence-electron chi connectivity index (χ3n) is 3.46. The molecule has 1 aliphatic heterocycles. The van der Waals surface area contributed by atoms with Gasteiger partial charge in [0.05, 0.1) is 5.69 Å². The summed E-state index contributed by atoms with van der Waals surface area (Å²) in [6, 6.07) is 3.38. The number of anilines is 1. The Kier molecular flexibility index (Phi) is 2.93. The summed E-state index contributed by atoms with van der Waals surface area (Å²) in [4.78, 5) is 28.9. The molecule has 6 nitrogen and oxygen atoms in total. The van der Waals surface area contributed by atoms with Gasteiger partial charge in [0, 0.05) is 13.0 Å². The lowest BCUT2D eigenvalue weighted by Crippen LogP contribution is -2.49. The van der Waals surface area contributed by atoms with Crippen molar-refractivity contribution in [2.75, 3.05) is 11.4 Å². The van der Waals surface area contributed by atoms with E-state index in [4.69, 9.17) is 4.42 Å². The first-order valence-corrected chi connectivity index (χ1v) is 6.55. The number of rotatable bonds is 2. The molecule has 0 bridgehead atoms. The van der Waals surface area contributed by atoms with Crippen LogP contribution >= 0.6 is 0 Å². The zero-order chi connectivity index (χ0) is 14.3. The second-order valence-electron chi connectivity index (χ2n) is 5.11. The maximum absolute atomic E-state index is 11.9. The van der Waals surface area contributed by atoms with Crippen molar-refractivity contribution >= 4 is 28.7 Å². The van der Waals surface area contributed by atoms with Gasteiger partial charge in [-0.25, -0.2) is 9.78 Å². The fraction of sp³-hybridized carbons (Fsp3) is 0.357. The zero-order valence-corrected chi connectivity index (χ0v) is 11.3. The van der Waals surface area contributed by atoms with Crippen LogP contribution in [-0.2, 0) is 4.79 Å². The molecule has 1 aromatic carbocycles. The Morgan fingerprint density at radius 1 is 1.35 bits per heavy atom. The number of nitrogens with zero attached hydrogens (tertiary/aromatic N) is 2. The minimum atomic E-state index is -0.420. The van der Waals surface area contributed by atoms with Crippen LogP contribution in [0.15, 0.2) is 22.9 Å². The average molecular weight is 273 g/mol. The molecule has 1 aromatic heterocycles. The van der Waals surface area contributed by atoms with E-state index in [0.29, 0.717) is 23.7 Å². The third kappa shape index (κ3) is 1.93. The van der Waals surface area contributed by atoms with Crippen molar-refractivity contribution < 1.29 is 14.0 Å². The Hall–Kier alpha value is -2.37. The van der Waals surface area contributed by atoms with E-state index in [1.54, 1.807) is 0 Å². The SMILES string of the molecule is CC(C)c1ccc(N2CCC(=O)NC2=O)c2ocnc12. The summed E-state index contributed by atoms with van der Waals surface area (Å²) in [6.07, 6.45) is 1.67. The molecule has 20 heavy (non-hydrogen) atoms. The molecule has 3 amide bonds. The highest BCUT2D eigenvalue weighted by Gasteiger charge is 2.27. The maximum atomic E-state index is 11.9. The van der Waals surface area contributed by atoms with Crippen molar-refractivity contribution in [3.8, 4) is 0 Å². The molecule has 0 spiro atoms. The van der Waals surface area contributed by atoms with Crippen LogP contribution in [0.4, 0.5) is 10.5 Å². The molecule has 0 radical (unpaired) electrons. The molecule has 2 aromatic rings. The molecule has 2 heterocycles.